The van der Waals surface area contributed by atoms with Gasteiger partial charge in [0.1, 0.15) is 17.3 Å². The van der Waals surface area contributed by atoms with Crippen molar-refractivity contribution in [3.63, 3.8) is 0 Å². The number of anilines is 1. The average molecular weight is 319 g/mol. The molecule has 0 bridgehead atoms. The van der Waals surface area contributed by atoms with E-state index in [4.69, 9.17) is 0 Å². The molecule has 1 fully saturated rings. The van der Waals surface area contributed by atoms with Gasteiger partial charge in [0.15, 0.2) is 0 Å². The molecule has 18 heavy (non-hydrogen) atoms. The Labute approximate surface area is 115 Å². The van der Waals surface area contributed by atoms with E-state index in [9.17, 15) is 8.78 Å². The van der Waals surface area contributed by atoms with Crippen molar-refractivity contribution in [1.29, 1.82) is 0 Å². The van der Waals surface area contributed by atoms with Crippen LogP contribution in [0.1, 0.15) is 12.0 Å². The first-order valence-corrected chi connectivity index (χ1v) is 7.21. The second-order valence-electron chi connectivity index (χ2n) is 4.69. The van der Waals surface area contributed by atoms with Crippen LogP contribution < -0.4 is 4.90 Å². The maximum absolute atomic E-state index is 14.0. The van der Waals surface area contributed by atoms with Crippen LogP contribution in [0.5, 0.6) is 0 Å². The number of rotatable bonds is 2. The maximum Gasteiger partial charge on any atom is 0.149 e. The Bertz CT molecular complexity index is 402. The first-order valence-electron chi connectivity index (χ1n) is 6.09. The number of halogens is 3. The molecule has 0 saturated carbocycles. The largest absolute Gasteiger partial charge is 0.365 e. The fourth-order valence-corrected chi connectivity index (χ4v) is 2.59. The Morgan fingerprint density at radius 2 is 1.78 bits per heavy atom. The van der Waals surface area contributed by atoms with Crippen LogP contribution in [0.4, 0.5) is 14.5 Å². The Morgan fingerprint density at radius 1 is 1.11 bits per heavy atom. The van der Waals surface area contributed by atoms with Gasteiger partial charge in [-0.2, -0.15) is 0 Å². The second kappa shape index (κ2) is 5.97. The van der Waals surface area contributed by atoms with Gasteiger partial charge in [-0.25, -0.2) is 8.78 Å². The lowest BCUT2D eigenvalue weighted by molar-refractivity contribution is 0.360. The van der Waals surface area contributed by atoms with Gasteiger partial charge in [-0.05, 0) is 37.7 Å². The van der Waals surface area contributed by atoms with Gasteiger partial charge in [0.2, 0.25) is 0 Å². The normalized spacial score (nSPS) is 17.9. The third-order valence-corrected chi connectivity index (χ3v) is 3.91. The van der Waals surface area contributed by atoms with E-state index in [2.05, 4.69) is 20.8 Å². The summed E-state index contributed by atoms with van der Waals surface area (Å²) in [4.78, 5) is 3.99. The zero-order valence-electron chi connectivity index (χ0n) is 10.4. The summed E-state index contributed by atoms with van der Waals surface area (Å²) in [7, 11) is 2.03. The van der Waals surface area contributed by atoms with Crippen LogP contribution in [0.2, 0.25) is 0 Å². The number of nitrogens with zero attached hydrogens (tertiary/aromatic N) is 2. The van der Waals surface area contributed by atoms with E-state index < -0.39 is 11.6 Å². The van der Waals surface area contributed by atoms with Gasteiger partial charge in [0.25, 0.3) is 0 Å². The van der Waals surface area contributed by atoms with E-state index in [-0.39, 0.29) is 5.69 Å². The van der Waals surface area contributed by atoms with Crippen LogP contribution in [0, 0.1) is 11.6 Å². The lowest BCUT2D eigenvalue weighted by Crippen LogP contribution is -2.30. The van der Waals surface area contributed by atoms with E-state index in [1.54, 1.807) is 0 Å². The quantitative estimate of drug-likeness (QED) is 0.773. The molecule has 2 nitrogen and oxygen atoms in total. The number of likely N-dealkylation sites (N-methyl/N-ethyl adjacent to an activating group) is 1. The van der Waals surface area contributed by atoms with E-state index in [1.807, 2.05) is 11.9 Å². The summed E-state index contributed by atoms with van der Waals surface area (Å²) in [6, 6.07) is 2.81. The van der Waals surface area contributed by atoms with Crippen LogP contribution in [0.15, 0.2) is 12.1 Å². The molecule has 0 unspecified atom stereocenters. The lowest BCUT2D eigenvalue weighted by Gasteiger charge is -2.24. The number of hydrogen-bond donors (Lipinski definition) is 0. The van der Waals surface area contributed by atoms with Gasteiger partial charge < -0.3 is 9.80 Å². The van der Waals surface area contributed by atoms with Crippen LogP contribution in [0.25, 0.3) is 0 Å². The zero-order chi connectivity index (χ0) is 13.1. The molecule has 1 saturated heterocycles. The molecule has 0 N–H and O–H groups in total. The van der Waals surface area contributed by atoms with Crippen LogP contribution in [-0.4, -0.2) is 38.1 Å². The smallest absolute Gasteiger partial charge is 0.149 e. The second-order valence-corrected chi connectivity index (χ2v) is 5.25. The third-order valence-electron chi connectivity index (χ3n) is 3.27. The molecule has 0 atom stereocenters. The molecule has 0 amide bonds. The highest BCUT2D eigenvalue weighted by molar-refractivity contribution is 9.08. The summed E-state index contributed by atoms with van der Waals surface area (Å²) >= 11 is 3.21. The Morgan fingerprint density at radius 3 is 2.39 bits per heavy atom. The van der Waals surface area contributed by atoms with Crippen molar-refractivity contribution in [2.24, 2.45) is 0 Å². The van der Waals surface area contributed by atoms with Crippen LogP contribution in [0.3, 0.4) is 0 Å². The molecular formula is C13H17BrF2N2. The van der Waals surface area contributed by atoms with Crippen LogP contribution in [-0.2, 0) is 5.33 Å². The number of hydrogen-bond acceptors (Lipinski definition) is 2. The summed E-state index contributed by atoms with van der Waals surface area (Å²) in [5.41, 5.74) is 0.746. The highest BCUT2D eigenvalue weighted by atomic mass is 79.9. The first kappa shape index (κ1) is 13.7. The molecule has 1 aliphatic rings. The molecule has 1 aromatic carbocycles. The van der Waals surface area contributed by atoms with Gasteiger partial charge in [-0.15, -0.1) is 0 Å². The van der Waals surface area contributed by atoms with Crippen molar-refractivity contribution in [3.8, 4) is 0 Å². The molecule has 1 aliphatic heterocycles. The lowest BCUT2D eigenvalue weighted by atomic mass is 10.2. The van der Waals surface area contributed by atoms with Crippen molar-refractivity contribution in [2.45, 2.75) is 11.8 Å². The van der Waals surface area contributed by atoms with E-state index in [0.29, 0.717) is 24.0 Å². The molecule has 1 aromatic rings. The van der Waals surface area contributed by atoms with Crippen LogP contribution >= 0.6 is 15.9 Å². The third kappa shape index (κ3) is 3.01. The molecule has 5 heteroatoms. The summed E-state index contributed by atoms with van der Waals surface area (Å²) in [6.45, 7) is 3.17. The average Bonchev–Trinajstić information content (AvgIpc) is 2.53. The van der Waals surface area contributed by atoms with Crippen molar-refractivity contribution in [2.75, 3.05) is 38.1 Å². The minimum atomic E-state index is -0.464. The Hall–Kier alpha value is -0.680. The molecular weight excluding hydrogens is 302 g/mol. The molecule has 0 spiro atoms. The predicted molar refractivity (Wildman–Crippen MR) is 73.3 cm³/mol. The fourth-order valence-electron chi connectivity index (χ4n) is 2.27. The molecule has 0 aliphatic carbocycles. The van der Waals surface area contributed by atoms with E-state index in [1.165, 1.54) is 12.1 Å². The van der Waals surface area contributed by atoms with E-state index >= 15 is 0 Å². The summed E-state index contributed by atoms with van der Waals surface area (Å²) in [5.74, 6) is -0.928. The number of benzene rings is 1. The summed E-state index contributed by atoms with van der Waals surface area (Å²) < 4.78 is 28.0. The van der Waals surface area contributed by atoms with Gasteiger partial charge in [-0.3, -0.25) is 0 Å². The summed E-state index contributed by atoms with van der Waals surface area (Å²) in [5, 5.41) is 0.462. The molecule has 0 aromatic heterocycles. The monoisotopic (exact) mass is 318 g/mol. The van der Waals surface area contributed by atoms with Gasteiger partial charge in [0.05, 0.1) is 0 Å². The first-order chi connectivity index (χ1) is 8.61. The van der Waals surface area contributed by atoms with Crippen molar-refractivity contribution in [3.05, 3.63) is 29.3 Å². The van der Waals surface area contributed by atoms with Gasteiger partial charge >= 0.3 is 0 Å². The molecule has 0 radical (unpaired) electrons. The predicted octanol–water partition coefficient (Wildman–Crippen LogP) is 3.00. The van der Waals surface area contributed by atoms with Crippen molar-refractivity contribution in [1.82, 2.24) is 4.90 Å². The standard InChI is InChI=1S/C13H17BrF2N2/c1-17-3-2-4-18(6-5-17)13-11(15)7-10(9-14)8-12(13)16/h7-8H,2-6,9H2,1H3. The minimum Gasteiger partial charge on any atom is -0.365 e. The van der Waals surface area contributed by atoms with Crippen molar-refractivity contribution >= 4 is 21.6 Å². The number of alkyl halides is 1. The molecule has 1 heterocycles. The molecule has 100 valence electrons. The zero-order valence-corrected chi connectivity index (χ0v) is 12.0. The minimum absolute atomic E-state index is 0.120. The van der Waals surface area contributed by atoms with Gasteiger partial charge in [0, 0.05) is 25.0 Å². The van der Waals surface area contributed by atoms with Gasteiger partial charge in [-0.1, -0.05) is 15.9 Å². The fraction of sp³-hybridized carbons (Fsp3) is 0.538. The summed E-state index contributed by atoms with van der Waals surface area (Å²) in [6.07, 6.45) is 0.926. The molecule has 2 rings (SSSR count). The highest BCUT2D eigenvalue weighted by Crippen LogP contribution is 2.26. The Balaban J connectivity index is 2.27. The van der Waals surface area contributed by atoms with Crippen molar-refractivity contribution < 1.29 is 8.78 Å². The Kier molecular flexibility index (Phi) is 4.56. The van der Waals surface area contributed by atoms with E-state index in [0.717, 1.165) is 19.5 Å². The topological polar surface area (TPSA) is 6.48 Å². The highest BCUT2D eigenvalue weighted by Gasteiger charge is 2.20. The SMILES string of the molecule is CN1CCCN(c2c(F)cc(CBr)cc2F)CC1. The maximum atomic E-state index is 14.0.